The second-order valence-corrected chi connectivity index (χ2v) is 7.13. The van der Waals surface area contributed by atoms with E-state index < -0.39 is 15.8 Å². The van der Waals surface area contributed by atoms with Crippen LogP contribution in [-0.4, -0.2) is 14.5 Å². The van der Waals surface area contributed by atoms with Crippen molar-refractivity contribution in [3.8, 4) is 0 Å². The lowest BCUT2D eigenvalue weighted by molar-refractivity contribution is 0.445. The quantitative estimate of drug-likeness (QED) is 0.794. The standard InChI is InChI=1S/C14H23FN2O2S/c1-5-9(2)6-11(4)17-20(18,19)12-7-10(3)14(15)13(16)8-12/h7-9,11,17H,5-6,16H2,1-4H3. The Kier molecular flexibility index (Phi) is 5.53. The fourth-order valence-corrected chi connectivity index (χ4v) is 3.45. The summed E-state index contributed by atoms with van der Waals surface area (Å²) >= 11 is 0. The van der Waals surface area contributed by atoms with Gasteiger partial charge in [0.05, 0.1) is 10.6 Å². The minimum Gasteiger partial charge on any atom is -0.396 e. The average molecular weight is 302 g/mol. The summed E-state index contributed by atoms with van der Waals surface area (Å²) in [5.41, 5.74) is 5.55. The first kappa shape index (κ1) is 16.9. The van der Waals surface area contributed by atoms with Crippen LogP contribution in [0.1, 0.15) is 39.2 Å². The Labute approximate surface area is 120 Å². The molecule has 0 heterocycles. The molecular weight excluding hydrogens is 279 g/mol. The Morgan fingerprint density at radius 1 is 1.35 bits per heavy atom. The minimum atomic E-state index is -3.67. The predicted octanol–water partition coefficient (Wildman–Crippen LogP) is 2.82. The number of nitrogens with one attached hydrogen (secondary N) is 1. The first-order valence-electron chi connectivity index (χ1n) is 6.75. The highest BCUT2D eigenvalue weighted by molar-refractivity contribution is 7.89. The molecule has 0 aliphatic carbocycles. The third-order valence-electron chi connectivity index (χ3n) is 3.38. The van der Waals surface area contributed by atoms with Gasteiger partial charge in [0.25, 0.3) is 0 Å². The summed E-state index contributed by atoms with van der Waals surface area (Å²) in [4.78, 5) is 0.00454. The van der Waals surface area contributed by atoms with Crippen molar-refractivity contribution in [1.82, 2.24) is 4.72 Å². The van der Waals surface area contributed by atoms with E-state index in [1.807, 2.05) is 6.92 Å². The normalized spacial score (nSPS) is 15.1. The smallest absolute Gasteiger partial charge is 0.240 e. The lowest BCUT2D eigenvalue weighted by Crippen LogP contribution is -2.33. The van der Waals surface area contributed by atoms with E-state index >= 15 is 0 Å². The van der Waals surface area contributed by atoms with Crippen LogP contribution < -0.4 is 10.5 Å². The number of halogens is 1. The molecule has 0 radical (unpaired) electrons. The molecule has 0 spiro atoms. The number of hydrogen-bond acceptors (Lipinski definition) is 3. The van der Waals surface area contributed by atoms with Gasteiger partial charge in [0.15, 0.2) is 0 Å². The number of rotatable bonds is 6. The number of benzene rings is 1. The van der Waals surface area contributed by atoms with Crippen LogP contribution in [0.15, 0.2) is 17.0 Å². The fourth-order valence-electron chi connectivity index (χ4n) is 2.07. The van der Waals surface area contributed by atoms with Gasteiger partial charge < -0.3 is 5.73 Å². The summed E-state index contributed by atoms with van der Waals surface area (Å²) in [5, 5.41) is 0. The number of anilines is 1. The van der Waals surface area contributed by atoms with Gasteiger partial charge in [0, 0.05) is 6.04 Å². The highest BCUT2D eigenvalue weighted by atomic mass is 32.2. The van der Waals surface area contributed by atoms with Crippen molar-refractivity contribution in [1.29, 1.82) is 0 Å². The molecule has 0 aliphatic rings. The van der Waals surface area contributed by atoms with Crippen molar-refractivity contribution in [2.45, 2.75) is 51.5 Å². The van der Waals surface area contributed by atoms with Gasteiger partial charge in [-0.15, -0.1) is 0 Å². The van der Waals surface area contributed by atoms with E-state index in [2.05, 4.69) is 18.6 Å². The molecule has 0 fully saturated rings. The molecule has 4 nitrogen and oxygen atoms in total. The zero-order chi connectivity index (χ0) is 15.5. The summed E-state index contributed by atoms with van der Waals surface area (Å²) in [6.45, 7) is 7.46. The van der Waals surface area contributed by atoms with Crippen LogP contribution in [0.2, 0.25) is 0 Å². The van der Waals surface area contributed by atoms with Crippen molar-refractivity contribution < 1.29 is 12.8 Å². The van der Waals surface area contributed by atoms with E-state index in [1.54, 1.807) is 0 Å². The molecule has 1 rings (SSSR count). The maximum Gasteiger partial charge on any atom is 0.240 e. The van der Waals surface area contributed by atoms with Gasteiger partial charge in [-0.2, -0.15) is 0 Å². The van der Waals surface area contributed by atoms with Crippen LogP contribution in [0.4, 0.5) is 10.1 Å². The predicted molar refractivity (Wildman–Crippen MR) is 79.4 cm³/mol. The first-order valence-corrected chi connectivity index (χ1v) is 8.23. The van der Waals surface area contributed by atoms with Crippen molar-refractivity contribution in [3.05, 3.63) is 23.5 Å². The van der Waals surface area contributed by atoms with Crippen LogP contribution in [0.3, 0.4) is 0 Å². The summed E-state index contributed by atoms with van der Waals surface area (Å²) in [7, 11) is -3.67. The number of nitrogens with two attached hydrogens (primary N) is 1. The lowest BCUT2D eigenvalue weighted by atomic mass is 10.0. The lowest BCUT2D eigenvalue weighted by Gasteiger charge is -2.18. The zero-order valence-electron chi connectivity index (χ0n) is 12.4. The van der Waals surface area contributed by atoms with Crippen molar-refractivity contribution >= 4 is 15.7 Å². The second kappa shape index (κ2) is 6.54. The summed E-state index contributed by atoms with van der Waals surface area (Å²) < 4.78 is 40.5. The van der Waals surface area contributed by atoms with Gasteiger partial charge in [-0.05, 0) is 43.9 Å². The van der Waals surface area contributed by atoms with Crippen LogP contribution >= 0.6 is 0 Å². The van der Waals surface area contributed by atoms with Crippen LogP contribution in [0.5, 0.6) is 0 Å². The molecule has 0 aliphatic heterocycles. The van der Waals surface area contributed by atoms with Gasteiger partial charge in [0.2, 0.25) is 10.0 Å². The summed E-state index contributed by atoms with van der Waals surface area (Å²) in [6.07, 6.45) is 1.75. The molecule has 0 saturated carbocycles. The van der Waals surface area contributed by atoms with Gasteiger partial charge in [0.1, 0.15) is 5.82 Å². The molecule has 3 N–H and O–H groups in total. The SMILES string of the molecule is CCC(C)CC(C)NS(=O)(=O)c1cc(C)c(F)c(N)c1. The van der Waals surface area contributed by atoms with E-state index in [0.29, 0.717) is 5.92 Å². The van der Waals surface area contributed by atoms with Crippen LogP contribution in [0, 0.1) is 18.7 Å². The van der Waals surface area contributed by atoms with Crippen molar-refractivity contribution in [2.75, 3.05) is 5.73 Å². The molecule has 2 unspecified atom stereocenters. The zero-order valence-corrected chi connectivity index (χ0v) is 13.2. The van der Waals surface area contributed by atoms with E-state index in [9.17, 15) is 12.8 Å². The number of aryl methyl sites for hydroxylation is 1. The molecule has 0 saturated heterocycles. The molecular formula is C14H23FN2O2S. The Morgan fingerprint density at radius 3 is 2.45 bits per heavy atom. The van der Waals surface area contributed by atoms with Gasteiger partial charge >= 0.3 is 0 Å². The third kappa shape index (κ3) is 4.18. The van der Waals surface area contributed by atoms with E-state index in [1.165, 1.54) is 13.0 Å². The summed E-state index contributed by atoms with van der Waals surface area (Å²) in [6, 6.07) is 2.27. The van der Waals surface area contributed by atoms with Crippen LogP contribution in [0.25, 0.3) is 0 Å². The Hall–Kier alpha value is -1.14. The molecule has 114 valence electrons. The molecule has 1 aromatic rings. The highest BCUT2D eigenvalue weighted by Gasteiger charge is 2.20. The summed E-state index contributed by atoms with van der Waals surface area (Å²) in [5.74, 6) is -0.135. The Balaban J connectivity index is 2.94. The van der Waals surface area contributed by atoms with Gasteiger partial charge in [-0.3, -0.25) is 0 Å². The number of nitrogen functional groups attached to an aromatic ring is 1. The molecule has 0 bridgehead atoms. The first-order chi connectivity index (χ1) is 9.17. The highest BCUT2D eigenvalue weighted by Crippen LogP contribution is 2.21. The topological polar surface area (TPSA) is 72.2 Å². The maximum atomic E-state index is 13.4. The van der Waals surface area contributed by atoms with Crippen LogP contribution in [-0.2, 0) is 10.0 Å². The third-order valence-corrected chi connectivity index (χ3v) is 4.94. The molecule has 2 atom stereocenters. The molecule has 20 heavy (non-hydrogen) atoms. The van der Waals surface area contributed by atoms with E-state index in [0.717, 1.165) is 18.9 Å². The average Bonchev–Trinajstić information content (AvgIpc) is 2.34. The largest absolute Gasteiger partial charge is 0.396 e. The minimum absolute atomic E-state index is 0.00454. The van der Waals surface area contributed by atoms with Crippen molar-refractivity contribution in [2.24, 2.45) is 5.92 Å². The number of sulfonamides is 1. The van der Waals surface area contributed by atoms with E-state index in [-0.39, 0.29) is 22.2 Å². The molecule has 0 aromatic heterocycles. The Bertz CT molecular complexity index is 550. The Morgan fingerprint density at radius 2 is 1.95 bits per heavy atom. The molecule has 6 heteroatoms. The van der Waals surface area contributed by atoms with Crippen molar-refractivity contribution in [3.63, 3.8) is 0 Å². The maximum absolute atomic E-state index is 13.4. The van der Waals surface area contributed by atoms with E-state index in [4.69, 9.17) is 5.73 Å². The van der Waals surface area contributed by atoms with Gasteiger partial charge in [-0.25, -0.2) is 17.5 Å². The second-order valence-electron chi connectivity index (χ2n) is 5.41. The number of hydrogen-bond donors (Lipinski definition) is 2. The van der Waals surface area contributed by atoms with Gasteiger partial charge in [-0.1, -0.05) is 20.3 Å². The molecule has 0 amide bonds. The monoisotopic (exact) mass is 302 g/mol. The fraction of sp³-hybridized carbons (Fsp3) is 0.571. The molecule has 1 aromatic carbocycles.